The van der Waals surface area contributed by atoms with Gasteiger partial charge in [0.15, 0.2) is 0 Å². The van der Waals surface area contributed by atoms with Crippen LogP contribution in [0.25, 0.3) is 11.0 Å². The van der Waals surface area contributed by atoms with Crippen LogP contribution in [0.2, 0.25) is 5.02 Å². The Kier molecular flexibility index (Phi) is 9.31. The van der Waals surface area contributed by atoms with Crippen LogP contribution < -0.4 is 11.4 Å². The Bertz CT molecular complexity index is 1570. The first kappa shape index (κ1) is 31.9. The van der Waals surface area contributed by atoms with Gasteiger partial charge in [0, 0.05) is 44.7 Å². The molecule has 2 saturated heterocycles. The number of benzene rings is 2. The first-order valence-corrected chi connectivity index (χ1v) is 15.3. The SMILES string of the molecule is CN(C)C1CCN(C(=O)[C@H](CC(=O)N2CCC(n3c(=O)[nH]c4ccccc43)CC2)Cc2cc(Cl)c(N)c(C(F)(F)F)c2)CC1. The van der Waals surface area contributed by atoms with Gasteiger partial charge in [-0.15, -0.1) is 0 Å². The van der Waals surface area contributed by atoms with E-state index in [1.807, 2.05) is 38.4 Å². The lowest BCUT2D eigenvalue weighted by molar-refractivity contribution is -0.143. The fourth-order valence-electron chi connectivity index (χ4n) is 6.57. The second kappa shape index (κ2) is 12.8. The summed E-state index contributed by atoms with van der Waals surface area (Å²) < 4.78 is 42.8. The van der Waals surface area contributed by atoms with Crippen LogP contribution >= 0.6 is 11.6 Å². The highest BCUT2D eigenvalue weighted by molar-refractivity contribution is 6.33. The first-order valence-electron chi connectivity index (χ1n) is 14.9. The number of hydrogen-bond acceptors (Lipinski definition) is 5. The Morgan fingerprint density at radius 3 is 2.32 bits per heavy atom. The van der Waals surface area contributed by atoms with Crippen LogP contribution in [0.4, 0.5) is 18.9 Å². The van der Waals surface area contributed by atoms with Crippen molar-refractivity contribution in [2.24, 2.45) is 5.92 Å². The number of carbonyl (C=O) groups is 2. The van der Waals surface area contributed by atoms with Crippen LogP contribution in [0.5, 0.6) is 0 Å². The minimum atomic E-state index is -4.72. The summed E-state index contributed by atoms with van der Waals surface area (Å²) in [6.07, 6.45) is -2.28. The molecule has 13 heteroatoms. The van der Waals surface area contributed by atoms with E-state index in [0.29, 0.717) is 45.1 Å². The van der Waals surface area contributed by atoms with E-state index in [2.05, 4.69) is 9.88 Å². The topological polar surface area (TPSA) is 108 Å². The van der Waals surface area contributed by atoms with Gasteiger partial charge in [-0.25, -0.2) is 4.79 Å². The molecule has 0 saturated carbocycles. The molecule has 1 aromatic heterocycles. The van der Waals surface area contributed by atoms with Gasteiger partial charge in [-0.1, -0.05) is 23.7 Å². The number of nitrogen functional groups attached to an aromatic ring is 1. The Morgan fingerprint density at radius 1 is 1.05 bits per heavy atom. The molecular weight excluding hydrogens is 597 g/mol. The normalized spacial score (nSPS) is 17.9. The monoisotopic (exact) mass is 634 g/mol. The summed E-state index contributed by atoms with van der Waals surface area (Å²) in [5.41, 5.74) is 5.58. The number of fused-ring (bicyclic) bond motifs is 1. The summed E-state index contributed by atoms with van der Waals surface area (Å²) in [4.78, 5) is 48.5. The maximum Gasteiger partial charge on any atom is 0.418 e. The number of piperidine rings is 2. The molecule has 0 radical (unpaired) electrons. The zero-order valence-corrected chi connectivity index (χ0v) is 25.6. The maximum absolute atomic E-state index is 13.8. The van der Waals surface area contributed by atoms with Crippen LogP contribution in [0, 0.1) is 5.92 Å². The van der Waals surface area contributed by atoms with Crippen molar-refractivity contribution in [1.82, 2.24) is 24.3 Å². The third-order valence-electron chi connectivity index (χ3n) is 9.06. The average Bonchev–Trinajstić information content (AvgIpc) is 3.33. The van der Waals surface area contributed by atoms with Crippen molar-refractivity contribution in [3.05, 3.63) is 63.0 Å². The van der Waals surface area contributed by atoms with Gasteiger partial charge in [-0.05, 0) is 76.0 Å². The number of nitrogens with two attached hydrogens (primary N) is 1. The second-order valence-corrected chi connectivity index (χ2v) is 12.5. The van der Waals surface area contributed by atoms with E-state index < -0.39 is 23.3 Å². The predicted molar refractivity (Wildman–Crippen MR) is 163 cm³/mol. The fraction of sp³-hybridized carbons (Fsp3) is 0.516. The smallest absolute Gasteiger partial charge is 0.397 e. The molecule has 2 amide bonds. The molecule has 9 nitrogen and oxygen atoms in total. The zero-order valence-electron chi connectivity index (χ0n) is 24.9. The molecule has 3 heterocycles. The van der Waals surface area contributed by atoms with Crippen molar-refractivity contribution < 1.29 is 22.8 Å². The van der Waals surface area contributed by atoms with Crippen molar-refractivity contribution in [3.8, 4) is 0 Å². The van der Waals surface area contributed by atoms with Gasteiger partial charge in [0.1, 0.15) is 0 Å². The summed E-state index contributed by atoms with van der Waals surface area (Å²) >= 11 is 6.09. The summed E-state index contributed by atoms with van der Waals surface area (Å²) in [5.74, 6) is -1.36. The average molecular weight is 635 g/mol. The van der Waals surface area contributed by atoms with Crippen LogP contribution in [-0.2, 0) is 22.2 Å². The quantitative estimate of drug-likeness (QED) is 0.371. The van der Waals surface area contributed by atoms with Crippen molar-refractivity contribution in [1.29, 1.82) is 0 Å². The lowest BCUT2D eigenvalue weighted by Gasteiger charge is -2.37. The van der Waals surface area contributed by atoms with Gasteiger partial charge >= 0.3 is 11.9 Å². The number of rotatable bonds is 7. The summed E-state index contributed by atoms with van der Waals surface area (Å²) in [6, 6.07) is 9.97. The van der Waals surface area contributed by atoms with E-state index in [-0.39, 0.29) is 47.0 Å². The van der Waals surface area contributed by atoms with Gasteiger partial charge in [-0.2, -0.15) is 13.2 Å². The molecule has 44 heavy (non-hydrogen) atoms. The van der Waals surface area contributed by atoms with Crippen LogP contribution in [0.15, 0.2) is 41.2 Å². The number of nitrogens with one attached hydrogen (secondary N) is 1. The number of imidazole rings is 1. The molecule has 2 fully saturated rings. The lowest BCUT2D eigenvalue weighted by atomic mass is 9.91. The number of carbonyl (C=O) groups excluding carboxylic acids is 2. The summed E-state index contributed by atoms with van der Waals surface area (Å²) in [6.45, 7) is 1.81. The molecular formula is C31H38ClF3N6O3. The fourth-order valence-corrected chi connectivity index (χ4v) is 6.81. The number of halogens is 4. The number of alkyl halides is 3. The largest absolute Gasteiger partial charge is 0.418 e. The van der Waals surface area contributed by atoms with Crippen molar-refractivity contribution in [2.75, 3.05) is 46.0 Å². The van der Waals surface area contributed by atoms with Crippen molar-refractivity contribution in [3.63, 3.8) is 0 Å². The summed E-state index contributed by atoms with van der Waals surface area (Å²) in [7, 11) is 3.98. The molecule has 0 bridgehead atoms. The Hall–Kier alpha value is -3.51. The Balaban J connectivity index is 1.32. The van der Waals surface area contributed by atoms with Gasteiger partial charge in [0.2, 0.25) is 11.8 Å². The molecule has 2 aromatic carbocycles. The number of likely N-dealkylation sites (tertiary alicyclic amines) is 2. The molecule has 1 atom stereocenters. The number of amides is 2. The zero-order chi connectivity index (χ0) is 31.8. The number of para-hydroxylation sites is 2. The standard InChI is InChI=1S/C31H38ClF3N6O3/c1-38(2)21-7-13-40(14-8-21)29(43)20(15-19-16-23(31(33,34)35)28(36)24(32)17-19)18-27(42)39-11-9-22(10-12-39)41-26-6-4-3-5-25(26)37-30(41)44/h3-6,16-17,20-22H,7-15,18,36H2,1-2H3,(H,37,44)/t20-/m0/s1. The number of nitrogens with zero attached hydrogens (tertiary/aromatic N) is 4. The molecule has 5 rings (SSSR count). The van der Waals surface area contributed by atoms with Gasteiger partial charge in [-0.3, -0.25) is 14.2 Å². The Labute approximate surface area is 258 Å². The lowest BCUT2D eigenvalue weighted by Crippen LogP contribution is -2.48. The van der Waals surface area contributed by atoms with Crippen molar-refractivity contribution >= 4 is 40.1 Å². The Morgan fingerprint density at radius 2 is 1.68 bits per heavy atom. The highest BCUT2D eigenvalue weighted by Crippen LogP contribution is 2.38. The van der Waals surface area contributed by atoms with Gasteiger partial charge in [0.25, 0.3) is 0 Å². The number of anilines is 1. The second-order valence-electron chi connectivity index (χ2n) is 12.1. The molecule has 0 aliphatic carbocycles. The number of hydrogen-bond donors (Lipinski definition) is 2. The minimum absolute atomic E-state index is 0.0809. The van der Waals surface area contributed by atoms with Gasteiger partial charge < -0.3 is 25.4 Å². The highest BCUT2D eigenvalue weighted by Gasteiger charge is 2.36. The molecule has 2 aliphatic rings. The number of aromatic amines is 1. The van der Waals surface area contributed by atoms with E-state index in [0.717, 1.165) is 29.9 Å². The maximum atomic E-state index is 13.8. The van der Waals surface area contributed by atoms with E-state index in [9.17, 15) is 27.6 Å². The number of aromatic nitrogens is 2. The predicted octanol–water partition coefficient (Wildman–Crippen LogP) is 4.55. The highest BCUT2D eigenvalue weighted by atomic mass is 35.5. The molecule has 3 N–H and O–H groups in total. The molecule has 0 spiro atoms. The van der Waals surface area contributed by atoms with Crippen LogP contribution in [0.3, 0.4) is 0 Å². The minimum Gasteiger partial charge on any atom is -0.397 e. The third kappa shape index (κ3) is 6.76. The molecule has 0 unspecified atom stereocenters. The summed E-state index contributed by atoms with van der Waals surface area (Å²) in [5, 5.41) is -0.242. The molecule has 238 valence electrons. The van der Waals surface area contributed by atoms with Crippen LogP contribution in [0.1, 0.15) is 49.3 Å². The number of H-pyrrole nitrogens is 1. The van der Waals surface area contributed by atoms with Crippen molar-refractivity contribution in [2.45, 2.75) is 56.8 Å². The van der Waals surface area contributed by atoms with E-state index in [1.54, 1.807) is 14.4 Å². The molecule has 3 aromatic rings. The molecule has 2 aliphatic heterocycles. The van der Waals surface area contributed by atoms with E-state index in [4.69, 9.17) is 17.3 Å². The van der Waals surface area contributed by atoms with E-state index >= 15 is 0 Å². The van der Waals surface area contributed by atoms with Gasteiger partial charge in [0.05, 0.1) is 33.2 Å². The van der Waals surface area contributed by atoms with E-state index in [1.165, 1.54) is 6.07 Å². The van der Waals surface area contributed by atoms with Crippen LogP contribution in [-0.4, -0.2) is 82.4 Å². The first-order chi connectivity index (χ1) is 20.8. The third-order valence-corrected chi connectivity index (χ3v) is 9.37.